The minimum atomic E-state index is -0.261. The fourth-order valence-electron chi connectivity index (χ4n) is 4.63. The topological polar surface area (TPSA) is 35.5 Å². The quantitative estimate of drug-likeness (QED) is 0.635. The van der Waals surface area contributed by atoms with Crippen molar-refractivity contribution in [2.45, 2.75) is 19.0 Å². The first-order valence-corrected chi connectivity index (χ1v) is 10.9. The van der Waals surface area contributed by atoms with E-state index in [0.717, 1.165) is 68.5 Å². The molecular formula is C23H25ClFN5. The highest BCUT2D eigenvalue weighted by molar-refractivity contribution is 6.30. The molecule has 156 valence electrons. The minimum Gasteiger partial charge on any atom is -0.354 e. The monoisotopic (exact) mass is 425 g/mol. The Morgan fingerprint density at radius 2 is 1.77 bits per heavy atom. The molecule has 0 unspecified atom stereocenters. The Bertz CT molecular complexity index is 1020. The molecule has 0 saturated carbocycles. The summed E-state index contributed by atoms with van der Waals surface area (Å²) in [5.41, 5.74) is 1.98. The van der Waals surface area contributed by atoms with E-state index < -0.39 is 0 Å². The van der Waals surface area contributed by atoms with Crippen molar-refractivity contribution >= 4 is 28.3 Å². The summed E-state index contributed by atoms with van der Waals surface area (Å²) in [5, 5.41) is 1.71. The van der Waals surface area contributed by atoms with Crippen LogP contribution in [0.2, 0.25) is 5.02 Å². The van der Waals surface area contributed by atoms with Gasteiger partial charge < -0.3 is 4.90 Å². The zero-order valence-corrected chi connectivity index (χ0v) is 17.6. The average Bonchev–Trinajstić information content (AvgIpc) is 3.25. The molecule has 0 spiro atoms. The van der Waals surface area contributed by atoms with Crippen LogP contribution >= 0.6 is 11.6 Å². The van der Waals surface area contributed by atoms with Gasteiger partial charge in [-0.25, -0.2) is 14.4 Å². The van der Waals surface area contributed by atoms with Gasteiger partial charge in [-0.3, -0.25) is 9.80 Å². The Morgan fingerprint density at radius 3 is 2.57 bits per heavy atom. The molecule has 1 aromatic heterocycles. The van der Waals surface area contributed by atoms with E-state index in [-0.39, 0.29) is 5.82 Å². The predicted molar refractivity (Wildman–Crippen MR) is 118 cm³/mol. The summed E-state index contributed by atoms with van der Waals surface area (Å²) >= 11 is 5.99. The molecule has 3 aromatic rings. The van der Waals surface area contributed by atoms with E-state index in [4.69, 9.17) is 11.6 Å². The molecule has 0 bridgehead atoms. The largest absolute Gasteiger partial charge is 0.354 e. The molecule has 0 aliphatic carbocycles. The molecule has 2 aromatic carbocycles. The van der Waals surface area contributed by atoms with Gasteiger partial charge in [-0.2, -0.15) is 0 Å². The molecule has 3 heterocycles. The molecule has 2 aliphatic rings. The summed E-state index contributed by atoms with van der Waals surface area (Å²) < 4.78 is 13.5. The van der Waals surface area contributed by atoms with Crippen molar-refractivity contribution in [2.75, 3.05) is 44.2 Å². The van der Waals surface area contributed by atoms with Crippen LogP contribution in [0.4, 0.5) is 10.2 Å². The summed E-state index contributed by atoms with van der Waals surface area (Å²) in [7, 11) is 0. The van der Waals surface area contributed by atoms with Crippen molar-refractivity contribution in [3.63, 3.8) is 0 Å². The fraction of sp³-hybridized carbons (Fsp3) is 0.391. The molecular weight excluding hydrogens is 401 g/mol. The first-order valence-electron chi connectivity index (χ1n) is 10.5. The van der Waals surface area contributed by atoms with Gasteiger partial charge in [-0.15, -0.1) is 0 Å². The molecule has 2 saturated heterocycles. The predicted octanol–water partition coefficient (Wildman–Crippen LogP) is 3.82. The summed E-state index contributed by atoms with van der Waals surface area (Å²) in [5.74, 6) is 0.659. The lowest BCUT2D eigenvalue weighted by Crippen LogP contribution is -2.50. The number of fused-ring (bicyclic) bond motifs is 1. The van der Waals surface area contributed by atoms with Gasteiger partial charge in [0.1, 0.15) is 18.0 Å². The smallest absolute Gasteiger partial charge is 0.139 e. The van der Waals surface area contributed by atoms with E-state index in [1.165, 1.54) is 17.7 Å². The first kappa shape index (κ1) is 19.7. The van der Waals surface area contributed by atoms with E-state index in [2.05, 4.69) is 36.8 Å². The number of nitrogens with zero attached hydrogens (tertiary/aromatic N) is 5. The lowest BCUT2D eigenvalue weighted by atomic mass is 10.1. The van der Waals surface area contributed by atoms with Gasteiger partial charge in [0.25, 0.3) is 0 Å². The first-order chi connectivity index (χ1) is 14.7. The highest BCUT2D eigenvalue weighted by Crippen LogP contribution is 2.28. The van der Waals surface area contributed by atoms with Crippen molar-refractivity contribution in [3.05, 3.63) is 65.2 Å². The summed E-state index contributed by atoms with van der Waals surface area (Å²) in [4.78, 5) is 16.2. The van der Waals surface area contributed by atoms with Crippen LogP contribution in [-0.2, 0) is 6.54 Å². The number of halogens is 2. The maximum absolute atomic E-state index is 13.5. The zero-order chi connectivity index (χ0) is 20.5. The van der Waals surface area contributed by atoms with Gasteiger partial charge in [0.2, 0.25) is 0 Å². The van der Waals surface area contributed by atoms with E-state index in [1.807, 2.05) is 12.1 Å². The molecule has 5 rings (SSSR count). The number of anilines is 1. The Balaban J connectivity index is 1.20. The van der Waals surface area contributed by atoms with Crippen LogP contribution in [0, 0.1) is 5.82 Å². The molecule has 2 aliphatic heterocycles. The lowest BCUT2D eigenvalue weighted by Gasteiger charge is -2.38. The normalized spacial score (nSPS) is 20.9. The van der Waals surface area contributed by atoms with Gasteiger partial charge in [-0.05, 0) is 36.2 Å². The number of aromatic nitrogens is 2. The summed E-state index contributed by atoms with van der Waals surface area (Å²) in [6.07, 6.45) is 2.67. The van der Waals surface area contributed by atoms with Gasteiger partial charge in [0, 0.05) is 68.3 Å². The maximum atomic E-state index is 13.5. The van der Waals surface area contributed by atoms with Crippen molar-refractivity contribution in [3.8, 4) is 0 Å². The second kappa shape index (κ2) is 8.46. The van der Waals surface area contributed by atoms with Gasteiger partial charge in [0.05, 0.1) is 5.52 Å². The van der Waals surface area contributed by atoms with E-state index in [9.17, 15) is 4.39 Å². The maximum Gasteiger partial charge on any atom is 0.139 e. The molecule has 7 heteroatoms. The van der Waals surface area contributed by atoms with Crippen LogP contribution < -0.4 is 4.90 Å². The second-order valence-corrected chi connectivity index (χ2v) is 8.62. The van der Waals surface area contributed by atoms with Gasteiger partial charge in [0.15, 0.2) is 0 Å². The van der Waals surface area contributed by atoms with E-state index >= 15 is 0 Å². The number of hydrogen-bond acceptors (Lipinski definition) is 5. The highest BCUT2D eigenvalue weighted by atomic mass is 35.5. The van der Waals surface area contributed by atoms with Crippen LogP contribution in [0.25, 0.3) is 10.9 Å². The van der Waals surface area contributed by atoms with E-state index in [0.29, 0.717) is 11.6 Å². The fourth-order valence-corrected chi connectivity index (χ4v) is 4.76. The zero-order valence-electron chi connectivity index (χ0n) is 16.8. The number of benzene rings is 2. The number of piperazine rings is 1. The van der Waals surface area contributed by atoms with Gasteiger partial charge in [-0.1, -0.05) is 23.7 Å². The Hall–Kier alpha value is -2.28. The average molecular weight is 426 g/mol. The Labute approximate surface area is 181 Å². The minimum absolute atomic E-state index is 0.261. The Morgan fingerprint density at radius 1 is 0.967 bits per heavy atom. The van der Waals surface area contributed by atoms with Crippen LogP contribution in [0.3, 0.4) is 0 Å². The van der Waals surface area contributed by atoms with Crippen molar-refractivity contribution in [2.24, 2.45) is 0 Å². The molecule has 0 amide bonds. The molecule has 0 N–H and O–H groups in total. The SMILES string of the molecule is Fc1ccc2c(N3CC[C@@H](N4CCN(Cc5ccc(Cl)cc5)CC4)C3)ncnc2c1. The second-order valence-electron chi connectivity index (χ2n) is 8.19. The Kier molecular flexibility index (Phi) is 5.54. The van der Waals surface area contributed by atoms with E-state index in [1.54, 1.807) is 12.4 Å². The summed E-state index contributed by atoms with van der Waals surface area (Å²) in [6, 6.07) is 13.5. The molecule has 1 atom stereocenters. The lowest BCUT2D eigenvalue weighted by molar-refractivity contribution is 0.0987. The van der Waals surface area contributed by atoms with Crippen molar-refractivity contribution in [1.29, 1.82) is 0 Å². The highest BCUT2D eigenvalue weighted by Gasteiger charge is 2.31. The third-order valence-corrected chi connectivity index (χ3v) is 6.54. The number of rotatable bonds is 4. The summed E-state index contributed by atoms with van der Waals surface area (Å²) in [6.45, 7) is 7.23. The number of hydrogen-bond donors (Lipinski definition) is 0. The third-order valence-electron chi connectivity index (χ3n) is 6.28. The standard InChI is InChI=1S/C23H25ClFN5/c24-18-3-1-17(2-4-18)14-28-9-11-29(12-10-28)20-7-8-30(15-20)23-21-6-5-19(25)13-22(21)26-16-27-23/h1-6,13,16,20H,7-12,14-15H2/t20-/m1/s1. The molecule has 0 radical (unpaired) electrons. The van der Waals surface area contributed by atoms with Crippen LogP contribution in [0.15, 0.2) is 48.8 Å². The molecule has 2 fully saturated rings. The van der Waals surface area contributed by atoms with Crippen LogP contribution in [0.5, 0.6) is 0 Å². The van der Waals surface area contributed by atoms with Crippen LogP contribution in [0.1, 0.15) is 12.0 Å². The van der Waals surface area contributed by atoms with Crippen LogP contribution in [-0.4, -0.2) is 65.1 Å². The molecule has 30 heavy (non-hydrogen) atoms. The van der Waals surface area contributed by atoms with Gasteiger partial charge >= 0.3 is 0 Å². The van der Waals surface area contributed by atoms with Crippen molar-refractivity contribution < 1.29 is 4.39 Å². The molecule has 5 nitrogen and oxygen atoms in total. The third kappa shape index (κ3) is 4.13. The van der Waals surface area contributed by atoms with Crippen molar-refractivity contribution in [1.82, 2.24) is 19.8 Å².